The van der Waals surface area contributed by atoms with Crippen molar-refractivity contribution < 1.29 is 9.59 Å². The molecule has 18 heavy (non-hydrogen) atoms. The molecule has 0 rings (SSSR count). The molecule has 2 N–H and O–H groups in total. The summed E-state index contributed by atoms with van der Waals surface area (Å²) in [6.45, 7) is 6.31. The highest BCUT2D eigenvalue weighted by Crippen LogP contribution is 2.05. The summed E-state index contributed by atoms with van der Waals surface area (Å²) in [6, 6.07) is 0.259. The van der Waals surface area contributed by atoms with Crippen LogP contribution in [0.15, 0.2) is 0 Å². The molecule has 1 atom stereocenters. The molecule has 0 aliphatic heterocycles. The third-order valence-corrected chi connectivity index (χ3v) is 2.85. The van der Waals surface area contributed by atoms with Gasteiger partial charge in [-0.25, -0.2) is 0 Å². The molecule has 0 aromatic carbocycles. The fraction of sp³-hybridized carbons (Fsp3) is 0.857. The molecular formula is C14H28N2O2. The first-order chi connectivity index (χ1) is 8.56. The molecule has 106 valence electrons. The molecule has 1 unspecified atom stereocenters. The molecule has 0 radical (unpaired) electrons. The van der Waals surface area contributed by atoms with Crippen molar-refractivity contribution in [3.63, 3.8) is 0 Å². The van der Waals surface area contributed by atoms with Crippen LogP contribution in [-0.4, -0.2) is 24.4 Å². The Kier molecular flexibility index (Phi) is 10.4. The van der Waals surface area contributed by atoms with E-state index in [0.29, 0.717) is 19.4 Å². The highest BCUT2D eigenvalue weighted by Gasteiger charge is 2.06. The van der Waals surface area contributed by atoms with Crippen LogP contribution in [0.25, 0.3) is 0 Å². The zero-order valence-corrected chi connectivity index (χ0v) is 12.1. The molecule has 0 saturated heterocycles. The molecule has 0 heterocycles. The fourth-order valence-electron chi connectivity index (χ4n) is 1.81. The Balaban J connectivity index is 3.46. The van der Waals surface area contributed by atoms with E-state index < -0.39 is 0 Å². The van der Waals surface area contributed by atoms with Gasteiger partial charge in [0, 0.05) is 25.9 Å². The van der Waals surface area contributed by atoms with Gasteiger partial charge in [-0.1, -0.05) is 32.6 Å². The highest BCUT2D eigenvalue weighted by molar-refractivity contribution is 5.76. The molecule has 0 aromatic rings. The van der Waals surface area contributed by atoms with E-state index >= 15 is 0 Å². The summed E-state index contributed by atoms with van der Waals surface area (Å²) in [5.74, 6) is 0.0445. The predicted molar refractivity (Wildman–Crippen MR) is 74.3 cm³/mol. The van der Waals surface area contributed by atoms with Crippen molar-refractivity contribution in [3.8, 4) is 0 Å². The van der Waals surface area contributed by atoms with Gasteiger partial charge in [0.05, 0.1) is 0 Å². The number of hydrogen-bond acceptors (Lipinski definition) is 2. The molecule has 0 aromatic heterocycles. The second-order valence-corrected chi connectivity index (χ2v) is 4.90. The molecule has 4 nitrogen and oxygen atoms in total. The van der Waals surface area contributed by atoms with Gasteiger partial charge < -0.3 is 10.6 Å². The first kappa shape index (κ1) is 16.9. The van der Waals surface area contributed by atoms with E-state index in [1.807, 2.05) is 0 Å². The Morgan fingerprint density at radius 2 is 1.83 bits per heavy atom. The lowest BCUT2D eigenvalue weighted by Gasteiger charge is -2.13. The third-order valence-electron chi connectivity index (χ3n) is 2.85. The summed E-state index contributed by atoms with van der Waals surface area (Å²) < 4.78 is 0. The minimum Gasteiger partial charge on any atom is -0.356 e. The number of amides is 2. The highest BCUT2D eigenvalue weighted by atomic mass is 16.2. The van der Waals surface area contributed by atoms with Crippen LogP contribution in [0.1, 0.15) is 65.7 Å². The van der Waals surface area contributed by atoms with Crippen molar-refractivity contribution in [2.75, 3.05) is 6.54 Å². The Morgan fingerprint density at radius 3 is 2.44 bits per heavy atom. The minimum atomic E-state index is -0.0419. The van der Waals surface area contributed by atoms with E-state index in [1.165, 1.54) is 32.6 Å². The monoisotopic (exact) mass is 256 g/mol. The van der Waals surface area contributed by atoms with Gasteiger partial charge in [0.25, 0.3) is 0 Å². The Hall–Kier alpha value is -1.06. The van der Waals surface area contributed by atoms with Crippen LogP contribution in [0.5, 0.6) is 0 Å². The van der Waals surface area contributed by atoms with Gasteiger partial charge >= 0.3 is 0 Å². The lowest BCUT2D eigenvalue weighted by atomic mass is 10.1. The van der Waals surface area contributed by atoms with Gasteiger partial charge in [0.15, 0.2) is 0 Å². The average molecular weight is 256 g/mol. The van der Waals surface area contributed by atoms with Crippen molar-refractivity contribution in [2.24, 2.45) is 0 Å². The second kappa shape index (κ2) is 11.1. The van der Waals surface area contributed by atoms with Crippen molar-refractivity contribution >= 4 is 11.8 Å². The second-order valence-electron chi connectivity index (χ2n) is 4.90. The number of nitrogens with one attached hydrogen (secondary N) is 2. The zero-order valence-electron chi connectivity index (χ0n) is 12.1. The lowest BCUT2D eigenvalue weighted by molar-refractivity contribution is -0.122. The minimum absolute atomic E-state index is 0.0419. The third kappa shape index (κ3) is 11.4. The van der Waals surface area contributed by atoms with Gasteiger partial charge in [-0.15, -0.1) is 0 Å². The molecular weight excluding hydrogens is 228 g/mol. The van der Waals surface area contributed by atoms with Gasteiger partial charge in [0.2, 0.25) is 11.8 Å². The van der Waals surface area contributed by atoms with E-state index in [-0.39, 0.29) is 17.9 Å². The number of rotatable bonds is 10. The predicted octanol–water partition coefficient (Wildman–Crippen LogP) is 2.38. The standard InChI is InChI=1S/C14H28N2O2/c1-4-5-6-7-9-12(2)16-14(18)10-8-11-15-13(3)17/h12H,4-11H2,1-3H3,(H,15,17)(H,16,18). The summed E-state index contributed by atoms with van der Waals surface area (Å²) in [4.78, 5) is 22.2. The van der Waals surface area contributed by atoms with Crippen molar-refractivity contribution in [3.05, 3.63) is 0 Å². The maximum Gasteiger partial charge on any atom is 0.220 e. The molecule has 0 spiro atoms. The summed E-state index contributed by atoms with van der Waals surface area (Å²) in [6.07, 6.45) is 7.19. The topological polar surface area (TPSA) is 58.2 Å². The van der Waals surface area contributed by atoms with Crippen molar-refractivity contribution in [1.82, 2.24) is 10.6 Å². The van der Waals surface area contributed by atoms with Gasteiger partial charge in [0.1, 0.15) is 0 Å². The van der Waals surface area contributed by atoms with Crippen LogP contribution in [0, 0.1) is 0 Å². The van der Waals surface area contributed by atoms with Gasteiger partial charge in [-0.2, -0.15) is 0 Å². The Labute approximate surface area is 111 Å². The maximum absolute atomic E-state index is 11.6. The first-order valence-electron chi connectivity index (χ1n) is 7.10. The number of carbonyl (C=O) groups is 2. The summed E-state index contributed by atoms with van der Waals surface area (Å²) in [5.41, 5.74) is 0. The number of unbranched alkanes of at least 4 members (excludes halogenated alkanes) is 3. The molecule has 0 aliphatic rings. The fourth-order valence-corrected chi connectivity index (χ4v) is 1.81. The molecule has 2 amide bonds. The van der Waals surface area contributed by atoms with Gasteiger partial charge in [-0.3, -0.25) is 9.59 Å². The van der Waals surface area contributed by atoms with Crippen LogP contribution < -0.4 is 10.6 Å². The van der Waals surface area contributed by atoms with E-state index in [9.17, 15) is 9.59 Å². The summed E-state index contributed by atoms with van der Waals surface area (Å²) in [7, 11) is 0. The largest absolute Gasteiger partial charge is 0.356 e. The van der Waals surface area contributed by atoms with Crippen LogP contribution >= 0.6 is 0 Å². The van der Waals surface area contributed by atoms with E-state index in [1.54, 1.807) is 0 Å². The summed E-state index contributed by atoms with van der Waals surface area (Å²) in [5, 5.41) is 5.68. The van der Waals surface area contributed by atoms with Crippen LogP contribution in [0.4, 0.5) is 0 Å². The summed E-state index contributed by atoms with van der Waals surface area (Å²) >= 11 is 0. The Bertz CT molecular complexity index is 242. The van der Waals surface area contributed by atoms with E-state index in [2.05, 4.69) is 24.5 Å². The smallest absolute Gasteiger partial charge is 0.220 e. The molecule has 0 aliphatic carbocycles. The zero-order chi connectivity index (χ0) is 13.8. The van der Waals surface area contributed by atoms with Crippen molar-refractivity contribution in [2.45, 2.75) is 71.8 Å². The van der Waals surface area contributed by atoms with Crippen molar-refractivity contribution in [1.29, 1.82) is 0 Å². The molecule has 4 heteroatoms. The van der Waals surface area contributed by atoms with E-state index in [4.69, 9.17) is 0 Å². The van der Waals surface area contributed by atoms with Crippen LogP contribution in [0.3, 0.4) is 0 Å². The normalized spacial score (nSPS) is 11.9. The maximum atomic E-state index is 11.6. The lowest BCUT2D eigenvalue weighted by Crippen LogP contribution is -2.33. The van der Waals surface area contributed by atoms with Crippen LogP contribution in [-0.2, 0) is 9.59 Å². The first-order valence-corrected chi connectivity index (χ1v) is 7.10. The SMILES string of the molecule is CCCCCCC(C)NC(=O)CCCNC(C)=O. The molecule has 0 saturated carbocycles. The number of carbonyl (C=O) groups excluding carboxylic acids is 2. The quantitative estimate of drug-likeness (QED) is 0.590. The number of hydrogen-bond donors (Lipinski definition) is 2. The average Bonchev–Trinajstić information content (AvgIpc) is 2.30. The van der Waals surface area contributed by atoms with Gasteiger partial charge in [-0.05, 0) is 19.8 Å². The van der Waals surface area contributed by atoms with E-state index in [0.717, 1.165) is 6.42 Å². The molecule has 0 fully saturated rings. The van der Waals surface area contributed by atoms with Crippen LogP contribution in [0.2, 0.25) is 0 Å². The molecule has 0 bridgehead atoms. The Morgan fingerprint density at radius 1 is 1.11 bits per heavy atom.